The zero-order valence-electron chi connectivity index (χ0n) is 10.2. The summed E-state index contributed by atoms with van der Waals surface area (Å²) < 4.78 is 18.8. The Labute approximate surface area is 114 Å². The van der Waals surface area contributed by atoms with Crippen molar-refractivity contribution in [3.8, 4) is 5.75 Å². The van der Waals surface area contributed by atoms with E-state index in [0.29, 0.717) is 23.7 Å². The third-order valence-electron chi connectivity index (χ3n) is 2.29. The van der Waals surface area contributed by atoms with Gasteiger partial charge in [-0.15, -0.1) is 0 Å². The van der Waals surface area contributed by atoms with Gasteiger partial charge >= 0.3 is 0 Å². The van der Waals surface area contributed by atoms with E-state index in [2.05, 4.69) is 15.3 Å². The number of rotatable bonds is 4. The molecule has 0 saturated carbocycles. The Kier molecular flexibility index (Phi) is 4.01. The lowest BCUT2D eigenvalue weighted by atomic mass is 10.2. The Balaban J connectivity index is 2.24. The molecular formula is C12H12ClFN4O. The fourth-order valence-electron chi connectivity index (χ4n) is 1.48. The first kappa shape index (κ1) is 13.4. The summed E-state index contributed by atoms with van der Waals surface area (Å²) in [5.74, 6) is -0.0327. The highest BCUT2D eigenvalue weighted by Gasteiger charge is 2.07. The molecule has 5 nitrogen and oxygen atoms in total. The smallest absolute Gasteiger partial charge is 0.224 e. The summed E-state index contributed by atoms with van der Waals surface area (Å²) in [5.41, 5.74) is 6.84. The van der Waals surface area contributed by atoms with Crippen LogP contribution in [-0.4, -0.2) is 16.6 Å². The molecule has 0 aliphatic rings. The summed E-state index contributed by atoms with van der Waals surface area (Å²) in [7, 11) is 0. The van der Waals surface area contributed by atoms with E-state index < -0.39 is 5.82 Å². The molecule has 2 rings (SSSR count). The van der Waals surface area contributed by atoms with Crippen molar-refractivity contribution in [1.82, 2.24) is 9.97 Å². The minimum atomic E-state index is -0.600. The van der Waals surface area contributed by atoms with Crippen molar-refractivity contribution in [1.29, 1.82) is 0 Å². The number of nitrogens with one attached hydrogen (secondary N) is 1. The summed E-state index contributed by atoms with van der Waals surface area (Å²) >= 11 is 5.61. The molecule has 100 valence electrons. The molecule has 0 unspecified atom stereocenters. The summed E-state index contributed by atoms with van der Waals surface area (Å²) in [6, 6.07) is 5.03. The molecule has 0 spiro atoms. The molecule has 1 aromatic carbocycles. The molecule has 3 N–H and O–H groups in total. The zero-order valence-corrected chi connectivity index (χ0v) is 10.9. The maximum atomic E-state index is 13.5. The van der Waals surface area contributed by atoms with Crippen LogP contribution in [0.3, 0.4) is 0 Å². The van der Waals surface area contributed by atoms with Gasteiger partial charge in [0.15, 0.2) is 11.6 Å². The molecule has 2 aromatic rings. The van der Waals surface area contributed by atoms with Crippen molar-refractivity contribution in [3.63, 3.8) is 0 Å². The maximum absolute atomic E-state index is 13.5. The number of benzene rings is 1. The topological polar surface area (TPSA) is 73.1 Å². The standard InChI is InChI=1S/C12H12ClFN4O/c1-2-19-10-4-3-7(5-9(10)15)17-11-8(14)6-16-12(13)18-11/h3-6H,2,15H2,1H3,(H,16,17,18). The molecule has 0 bridgehead atoms. The molecule has 0 atom stereocenters. The van der Waals surface area contributed by atoms with Gasteiger partial charge in [0.05, 0.1) is 18.5 Å². The van der Waals surface area contributed by atoms with Crippen molar-refractivity contribution in [2.45, 2.75) is 6.92 Å². The van der Waals surface area contributed by atoms with Crippen LogP contribution >= 0.6 is 11.6 Å². The highest BCUT2D eigenvalue weighted by molar-refractivity contribution is 6.28. The van der Waals surface area contributed by atoms with Crippen LogP contribution in [0.25, 0.3) is 0 Å². The highest BCUT2D eigenvalue weighted by Crippen LogP contribution is 2.27. The lowest BCUT2D eigenvalue weighted by Crippen LogP contribution is -2.01. The SMILES string of the molecule is CCOc1ccc(Nc2nc(Cl)ncc2F)cc1N. The predicted molar refractivity (Wildman–Crippen MR) is 72.3 cm³/mol. The normalized spacial score (nSPS) is 10.3. The number of aromatic nitrogens is 2. The van der Waals surface area contributed by atoms with Crippen LogP contribution in [-0.2, 0) is 0 Å². The molecule has 1 heterocycles. The van der Waals surface area contributed by atoms with Gasteiger partial charge in [-0.25, -0.2) is 9.37 Å². The second kappa shape index (κ2) is 5.71. The molecule has 0 aliphatic carbocycles. The highest BCUT2D eigenvalue weighted by atomic mass is 35.5. The van der Waals surface area contributed by atoms with Crippen molar-refractivity contribution in [2.75, 3.05) is 17.7 Å². The Morgan fingerprint density at radius 1 is 1.47 bits per heavy atom. The molecule has 0 fully saturated rings. The number of nitrogens with two attached hydrogens (primary N) is 1. The third kappa shape index (κ3) is 3.23. The lowest BCUT2D eigenvalue weighted by Gasteiger charge is -2.10. The molecule has 19 heavy (non-hydrogen) atoms. The summed E-state index contributed by atoms with van der Waals surface area (Å²) in [6.45, 7) is 2.39. The minimum absolute atomic E-state index is 0.0106. The van der Waals surface area contributed by atoms with Gasteiger partial charge < -0.3 is 15.8 Å². The van der Waals surface area contributed by atoms with Crippen molar-refractivity contribution < 1.29 is 9.13 Å². The number of hydrogen-bond acceptors (Lipinski definition) is 5. The van der Waals surface area contributed by atoms with Crippen molar-refractivity contribution >= 4 is 28.8 Å². The number of nitrogens with zero attached hydrogens (tertiary/aromatic N) is 2. The van der Waals surface area contributed by atoms with Gasteiger partial charge in [0.2, 0.25) is 5.28 Å². The van der Waals surface area contributed by atoms with Crippen LogP contribution < -0.4 is 15.8 Å². The third-order valence-corrected chi connectivity index (χ3v) is 2.47. The van der Waals surface area contributed by atoms with Gasteiger partial charge in [-0.2, -0.15) is 4.98 Å². The van der Waals surface area contributed by atoms with E-state index in [1.807, 2.05) is 6.92 Å². The van der Waals surface area contributed by atoms with Crippen molar-refractivity contribution in [2.24, 2.45) is 0 Å². The van der Waals surface area contributed by atoms with Gasteiger partial charge in [0.25, 0.3) is 0 Å². The number of anilines is 3. The fourth-order valence-corrected chi connectivity index (χ4v) is 1.62. The van der Waals surface area contributed by atoms with E-state index in [0.717, 1.165) is 6.20 Å². The number of nitrogen functional groups attached to an aromatic ring is 1. The summed E-state index contributed by atoms with van der Waals surface area (Å²) in [6.07, 6.45) is 0.996. The van der Waals surface area contributed by atoms with Crippen LogP contribution in [0, 0.1) is 5.82 Å². The second-order valence-corrected chi connectivity index (χ2v) is 3.98. The Bertz CT molecular complexity index is 594. The van der Waals surface area contributed by atoms with E-state index >= 15 is 0 Å². The monoisotopic (exact) mass is 282 g/mol. The van der Waals surface area contributed by atoms with Crippen LogP contribution in [0.1, 0.15) is 6.92 Å². The Morgan fingerprint density at radius 2 is 2.26 bits per heavy atom. The molecular weight excluding hydrogens is 271 g/mol. The van der Waals surface area contributed by atoms with Gasteiger partial charge in [0, 0.05) is 5.69 Å². The van der Waals surface area contributed by atoms with Crippen molar-refractivity contribution in [3.05, 3.63) is 35.5 Å². The average Bonchev–Trinajstić information content (AvgIpc) is 2.37. The first-order valence-electron chi connectivity index (χ1n) is 5.57. The first-order chi connectivity index (χ1) is 9.10. The largest absolute Gasteiger partial charge is 0.492 e. The number of halogens is 2. The maximum Gasteiger partial charge on any atom is 0.224 e. The van der Waals surface area contributed by atoms with E-state index in [1.165, 1.54) is 0 Å². The quantitative estimate of drug-likeness (QED) is 0.666. The lowest BCUT2D eigenvalue weighted by molar-refractivity contribution is 0.342. The molecule has 0 radical (unpaired) electrons. The van der Waals surface area contributed by atoms with Crippen LogP contribution in [0.15, 0.2) is 24.4 Å². The first-order valence-corrected chi connectivity index (χ1v) is 5.95. The Hall–Kier alpha value is -2.08. The van der Waals surface area contributed by atoms with Crippen LogP contribution in [0.2, 0.25) is 5.28 Å². The van der Waals surface area contributed by atoms with Gasteiger partial charge in [-0.05, 0) is 36.7 Å². The van der Waals surface area contributed by atoms with Crippen LogP contribution in [0.4, 0.5) is 21.6 Å². The van der Waals surface area contributed by atoms with E-state index in [-0.39, 0.29) is 11.1 Å². The van der Waals surface area contributed by atoms with Gasteiger partial charge in [0.1, 0.15) is 5.75 Å². The average molecular weight is 283 g/mol. The fraction of sp³-hybridized carbons (Fsp3) is 0.167. The predicted octanol–water partition coefficient (Wildman–Crippen LogP) is 2.99. The Morgan fingerprint density at radius 3 is 2.95 bits per heavy atom. The molecule has 0 amide bonds. The zero-order chi connectivity index (χ0) is 13.8. The number of ether oxygens (including phenoxy) is 1. The molecule has 7 heteroatoms. The van der Waals surface area contributed by atoms with Gasteiger partial charge in [-0.1, -0.05) is 0 Å². The summed E-state index contributed by atoms with van der Waals surface area (Å²) in [5, 5.41) is 2.74. The summed E-state index contributed by atoms with van der Waals surface area (Å²) in [4.78, 5) is 7.28. The minimum Gasteiger partial charge on any atom is -0.492 e. The molecule has 1 aromatic heterocycles. The second-order valence-electron chi connectivity index (χ2n) is 3.65. The van der Waals surface area contributed by atoms with Crippen LogP contribution in [0.5, 0.6) is 5.75 Å². The van der Waals surface area contributed by atoms with E-state index in [1.54, 1.807) is 18.2 Å². The van der Waals surface area contributed by atoms with E-state index in [4.69, 9.17) is 22.1 Å². The molecule has 0 saturated heterocycles. The van der Waals surface area contributed by atoms with Gasteiger partial charge in [-0.3, -0.25) is 0 Å². The van der Waals surface area contributed by atoms with E-state index in [9.17, 15) is 4.39 Å². The molecule has 0 aliphatic heterocycles. The number of hydrogen-bond donors (Lipinski definition) is 2.